The van der Waals surface area contributed by atoms with E-state index >= 15 is 0 Å². The lowest BCUT2D eigenvalue weighted by Gasteiger charge is -2.07. The molecule has 2 aromatic rings. The second kappa shape index (κ2) is 5.58. The maximum Gasteiger partial charge on any atom is 0.229 e. The fourth-order valence-electron chi connectivity index (χ4n) is 1.42. The van der Waals surface area contributed by atoms with Gasteiger partial charge in [-0.05, 0) is 36.4 Å². The molecule has 0 fully saturated rings. The first-order valence-corrected chi connectivity index (χ1v) is 8.07. The summed E-state index contributed by atoms with van der Waals surface area (Å²) in [5.74, 6) is 0.640. The van der Waals surface area contributed by atoms with E-state index in [4.69, 9.17) is 0 Å². The first-order valence-electron chi connectivity index (χ1n) is 5.39. The van der Waals surface area contributed by atoms with Crippen molar-refractivity contribution in [3.05, 3.63) is 47.1 Å². The highest BCUT2D eigenvalue weighted by Crippen LogP contribution is 2.19. The van der Waals surface area contributed by atoms with Crippen LogP contribution in [0.3, 0.4) is 0 Å². The molecule has 0 saturated heterocycles. The molecule has 1 aromatic heterocycles. The lowest BCUT2D eigenvalue weighted by atomic mass is 10.3. The highest BCUT2D eigenvalue weighted by atomic mass is 79.9. The summed E-state index contributed by atoms with van der Waals surface area (Å²) in [7, 11) is -3.27. The van der Waals surface area contributed by atoms with Gasteiger partial charge in [-0.2, -0.15) is 0 Å². The SMILES string of the molecule is CS(=O)(=O)Nc1ccc(Nc2ccc(Br)cc2)nc1. The number of benzene rings is 1. The van der Waals surface area contributed by atoms with Gasteiger partial charge in [0.15, 0.2) is 0 Å². The van der Waals surface area contributed by atoms with Crippen molar-refractivity contribution >= 4 is 43.1 Å². The fourth-order valence-corrected chi connectivity index (χ4v) is 2.24. The van der Waals surface area contributed by atoms with Gasteiger partial charge in [-0.25, -0.2) is 13.4 Å². The normalized spacial score (nSPS) is 11.1. The van der Waals surface area contributed by atoms with Crippen LogP contribution in [-0.2, 0) is 10.0 Å². The van der Waals surface area contributed by atoms with Crippen LogP contribution in [-0.4, -0.2) is 19.7 Å². The van der Waals surface area contributed by atoms with Crippen LogP contribution in [0.1, 0.15) is 0 Å². The minimum atomic E-state index is -3.27. The van der Waals surface area contributed by atoms with Gasteiger partial charge in [0.2, 0.25) is 10.0 Å². The lowest BCUT2D eigenvalue weighted by Crippen LogP contribution is -2.09. The Morgan fingerprint density at radius 1 is 1.05 bits per heavy atom. The van der Waals surface area contributed by atoms with Gasteiger partial charge < -0.3 is 5.32 Å². The van der Waals surface area contributed by atoms with E-state index in [-0.39, 0.29) is 0 Å². The number of hydrogen-bond donors (Lipinski definition) is 2. The van der Waals surface area contributed by atoms with Gasteiger partial charge in [0.05, 0.1) is 18.1 Å². The fraction of sp³-hybridized carbons (Fsp3) is 0.0833. The highest BCUT2D eigenvalue weighted by molar-refractivity contribution is 9.10. The average Bonchev–Trinajstić information content (AvgIpc) is 2.33. The standard InChI is InChI=1S/C12H12BrN3O2S/c1-19(17,18)16-11-6-7-12(14-8-11)15-10-4-2-9(13)3-5-10/h2-8,16H,1H3,(H,14,15). The number of hydrogen-bond acceptors (Lipinski definition) is 4. The number of nitrogens with zero attached hydrogens (tertiary/aromatic N) is 1. The average molecular weight is 342 g/mol. The third kappa shape index (κ3) is 4.53. The highest BCUT2D eigenvalue weighted by Gasteiger charge is 2.02. The Labute approximate surface area is 120 Å². The minimum absolute atomic E-state index is 0.434. The summed E-state index contributed by atoms with van der Waals surface area (Å²) in [6.07, 6.45) is 2.56. The first-order chi connectivity index (χ1) is 8.92. The maximum atomic E-state index is 11.0. The Kier molecular flexibility index (Phi) is 4.06. The molecule has 100 valence electrons. The molecular weight excluding hydrogens is 330 g/mol. The molecule has 7 heteroatoms. The van der Waals surface area contributed by atoms with E-state index in [1.807, 2.05) is 24.3 Å². The van der Waals surface area contributed by atoms with Crippen molar-refractivity contribution in [3.63, 3.8) is 0 Å². The Morgan fingerprint density at radius 3 is 2.21 bits per heavy atom. The molecule has 2 N–H and O–H groups in total. The summed E-state index contributed by atoms with van der Waals surface area (Å²) in [6, 6.07) is 11.0. The number of aromatic nitrogens is 1. The van der Waals surface area contributed by atoms with Crippen LogP contribution in [0.2, 0.25) is 0 Å². The molecule has 0 unspecified atom stereocenters. The molecule has 0 spiro atoms. The van der Waals surface area contributed by atoms with Gasteiger partial charge in [-0.15, -0.1) is 0 Å². The van der Waals surface area contributed by atoms with Gasteiger partial charge >= 0.3 is 0 Å². The Bertz CT molecular complexity index is 654. The molecule has 0 radical (unpaired) electrons. The van der Waals surface area contributed by atoms with Crippen molar-refractivity contribution in [2.45, 2.75) is 0 Å². The minimum Gasteiger partial charge on any atom is -0.340 e. The molecule has 0 atom stereocenters. The molecule has 0 bridgehead atoms. The lowest BCUT2D eigenvalue weighted by molar-refractivity contribution is 0.607. The topological polar surface area (TPSA) is 71.1 Å². The van der Waals surface area contributed by atoms with Crippen molar-refractivity contribution in [3.8, 4) is 0 Å². The summed E-state index contributed by atoms with van der Waals surface area (Å²) in [5, 5.41) is 3.11. The first kappa shape index (κ1) is 13.8. The predicted molar refractivity (Wildman–Crippen MR) is 80.1 cm³/mol. The number of sulfonamides is 1. The molecule has 0 aliphatic rings. The molecule has 1 aromatic carbocycles. The van der Waals surface area contributed by atoms with E-state index in [1.165, 1.54) is 6.20 Å². The summed E-state index contributed by atoms with van der Waals surface area (Å²) < 4.78 is 25.5. The van der Waals surface area contributed by atoms with Crippen LogP contribution >= 0.6 is 15.9 Å². The molecule has 0 saturated carbocycles. The molecule has 0 aliphatic carbocycles. The van der Waals surface area contributed by atoms with Crippen molar-refractivity contribution in [1.29, 1.82) is 0 Å². The molecule has 5 nitrogen and oxygen atoms in total. The smallest absolute Gasteiger partial charge is 0.229 e. The van der Waals surface area contributed by atoms with E-state index in [0.29, 0.717) is 11.5 Å². The largest absolute Gasteiger partial charge is 0.340 e. The number of pyridine rings is 1. The van der Waals surface area contributed by atoms with E-state index in [2.05, 4.69) is 31.0 Å². The van der Waals surface area contributed by atoms with Crippen LogP contribution < -0.4 is 10.0 Å². The molecule has 2 rings (SSSR count). The van der Waals surface area contributed by atoms with Gasteiger partial charge in [0.1, 0.15) is 5.82 Å². The number of nitrogens with one attached hydrogen (secondary N) is 2. The van der Waals surface area contributed by atoms with Crippen molar-refractivity contribution < 1.29 is 8.42 Å². The van der Waals surface area contributed by atoms with Gasteiger partial charge in [-0.1, -0.05) is 15.9 Å². The second-order valence-corrected chi connectivity index (χ2v) is 6.60. The zero-order valence-electron chi connectivity index (χ0n) is 10.1. The maximum absolute atomic E-state index is 11.0. The molecular formula is C12H12BrN3O2S. The van der Waals surface area contributed by atoms with Crippen LogP contribution in [0.25, 0.3) is 0 Å². The third-order valence-corrected chi connectivity index (χ3v) is 3.32. The summed E-state index contributed by atoms with van der Waals surface area (Å²) in [5.41, 5.74) is 1.34. The van der Waals surface area contributed by atoms with Gasteiger partial charge in [-0.3, -0.25) is 4.72 Å². The monoisotopic (exact) mass is 341 g/mol. The van der Waals surface area contributed by atoms with Crippen LogP contribution in [0.15, 0.2) is 47.1 Å². The zero-order chi connectivity index (χ0) is 13.9. The number of halogens is 1. The van der Waals surface area contributed by atoms with E-state index < -0.39 is 10.0 Å². The second-order valence-electron chi connectivity index (χ2n) is 3.94. The summed E-state index contributed by atoms with van der Waals surface area (Å²) >= 11 is 3.36. The van der Waals surface area contributed by atoms with Crippen molar-refractivity contribution in [2.75, 3.05) is 16.3 Å². The zero-order valence-corrected chi connectivity index (χ0v) is 12.5. The van der Waals surface area contributed by atoms with Gasteiger partial charge in [0, 0.05) is 10.2 Å². The summed E-state index contributed by atoms with van der Waals surface area (Å²) in [4.78, 5) is 4.13. The number of anilines is 3. The Hall–Kier alpha value is -1.60. The van der Waals surface area contributed by atoms with Crippen molar-refractivity contribution in [2.24, 2.45) is 0 Å². The predicted octanol–water partition coefficient (Wildman–Crippen LogP) is 2.96. The number of rotatable bonds is 4. The van der Waals surface area contributed by atoms with Crippen molar-refractivity contribution in [1.82, 2.24) is 4.98 Å². The van der Waals surface area contributed by atoms with Crippen LogP contribution in [0, 0.1) is 0 Å². The van der Waals surface area contributed by atoms with E-state index in [0.717, 1.165) is 16.4 Å². The van der Waals surface area contributed by atoms with E-state index in [1.54, 1.807) is 12.1 Å². The summed E-state index contributed by atoms with van der Waals surface area (Å²) in [6.45, 7) is 0. The van der Waals surface area contributed by atoms with Gasteiger partial charge in [0.25, 0.3) is 0 Å². The van der Waals surface area contributed by atoms with E-state index in [9.17, 15) is 8.42 Å². The molecule has 1 heterocycles. The third-order valence-electron chi connectivity index (χ3n) is 2.18. The molecule has 0 aliphatic heterocycles. The molecule has 0 amide bonds. The van der Waals surface area contributed by atoms with Crippen LogP contribution in [0.4, 0.5) is 17.2 Å². The molecule has 19 heavy (non-hydrogen) atoms. The Balaban J connectivity index is 2.08. The van der Waals surface area contributed by atoms with Crippen LogP contribution in [0.5, 0.6) is 0 Å². The quantitative estimate of drug-likeness (QED) is 0.896. The Morgan fingerprint density at radius 2 is 1.68 bits per heavy atom.